The summed E-state index contributed by atoms with van der Waals surface area (Å²) in [5.74, 6) is 0. The molecule has 1 aromatic rings. The van der Waals surface area contributed by atoms with E-state index in [-0.39, 0.29) is 0 Å². The molecule has 1 saturated carbocycles. The highest BCUT2D eigenvalue weighted by Gasteiger charge is 2.27. The number of aromatic amines is 1. The summed E-state index contributed by atoms with van der Waals surface area (Å²) < 4.78 is 2.98. The van der Waals surface area contributed by atoms with Gasteiger partial charge in [-0.2, -0.15) is 0 Å². The van der Waals surface area contributed by atoms with E-state index < -0.39 is 0 Å². The molecule has 15 heavy (non-hydrogen) atoms. The first-order valence-electron chi connectivity index (χ1n) is 5.71. The van der Waals surface area contributed by atoms with Crippen molar-refractivity contribution in [2.75, 3.05) is 13.1 Å². The van der Waals surface area contributed by atoms with Crippen LogP contribution < -0.4 is 0 Å². The Bertz CT molecular complexity index is 375. The molecule has 4 heteroatoms. The fourth-order valence-corrected chi connectivity index (χ4v) is 2.31. The lowest BCUT2D eigenvalue weighted by Gasteiger charge is -2.19. The van der Waals surface area contributed by atoms with E-state index in [9.17, 15) is 0 Å². The largest absolute Gasteiger partial charge is 0.335 e. The lowest BCUT2D eigenvalue weighted by Crippen LogP contribution is -2.29. The van der Waals surface area contributed by atoms with Gasteiger partial charge in [-0.3, -0.25) is 4.90 Å². The van der Waals surface area contributed by atoms with Crippen molar-refractivity contribution in [3.63, 3.8) is 0 Å². The lowest BCUT2D eigenvalue weighted by atomic mass is 10.4. The van der Waals surface area contributed by atoms with Gasteiger partial charge in [0.05, 0.1) is 0 Å². The first-order chi connectivity index (χ1) is 7.20. The SMILES string of the molecule is CCN(CCn1cc(C)[nH]c1=S)C1CC1. The average molecular weight is 225 g/mol. The van der Waals surface area contributed by atoms with E-state index in [0.717, 1.165) is 36.1 Å². The molecular weight excluding hydrogens is 206 g/mol. The van der Waals surface area contributed by atoms with E-state index in [0.29, 0.717) is 0 Å². The highest BCUT2D eigenvalue weighted by Crippen LogP contribution is 2.26. The Morgan fingerprint density at radius 3 is 2.80 bits per heavy atom. The Labute approximate surface area is 96.1 Å². The highest BCUT2D eigenvalue weighted by molar-refractivity contribution is 7.71. The number of aryl methyl sites for hydroxylation is 1. The molecule has 0 aromatic carbocycles. The number of imidazole rings is 1. The maximum Gasteiger partial charge on any atom is 0.177 e. The van der Waals surface area contributed by atoms with Gasteiger partial charge in [0, 0.05) is 31.0 Å². The molecule has 0 unspecified atom stereocenters. The second-order valence-electron chi connectivity index (χ2n) is 4.30. The molecule has 1 aliphatic carbocycles. The number of aromatic nitrogens is 2. The van der Waals surface area contributed by atoms with E-state index in [4.69, 9.17) is 12.2 Å². The molecule has 0 spiro atoms. The van der Waals surface area contributed by atoms with Gasteiger partial charge in [0.15, 0.2) is 4.77 Å². The Hall–Kier alpha value is -0.610. The van der Waals surface area contributed by atoms with Crippen LogP contribution in [-0.2, 0) is 6.54 Å². The van der Waals surface area contributed by atoms with Crippen LogP contribution in [0.15, 0.2) is 6.20 Å². The molecule has 0 amide bonds. The monoisotopic (exact) mass is 225 g/mol. The maximum atomic E-state index is 5.23. The first-order valence-corrected chi connectivity index (χ1v) is 6.11. The third-order valence-electron chi connectivity index (χ3n) is 3.01. The van der Waals surface area contributed by atoms with Crippen LogP contribution in [0.3, 0.4) is 0 Å². The fraction of sp³-hybridized carbons (Fsp3) is 0.727. The van der Waals surface area contributed by atoms with Crippen molar-refractivity contribution in [1.29, 1.82) is 0 Å². The zero-order valence-electron chi connectivity index (χ0n) is 9.49. The molecule has 1 heterocycles. The summed E-state index contributed by atoms with van der Waals surface area (Å²) in [5, 5.41) is 0. The topological polar surface area (TPSA) is 24.0 Å². The van der Waals surface area contributed by atoms with Crippen LogP contribution in [0.4, 0.5) is 0 Å². The van der Waals surface area contributed by atoms with Crippen molar-refractivity contribution < 1.29 is 0 Å². The predicted molar refractivity (Wildman–Crippen MR) is 64.6 cm³/mol. The molecule has 1 fully saturated rings. The van der Waals surface area contributed by atoms with E-state index in [1.54, 1.807) is 0 Å². The molecule has 0 radical (unpaired) electrons. The molecule has 1 aliphatic rings. The molecular formula is C11H19N3S. The van der Waals surface area contributed by atoms with Crippen molar-refractivity contribution in [3.05, 3.63) is 16.7 Å². The lowest BCUT2D eigenvalue weighted by molar-refractivity contribution is 0.265. The zero-order chi connectivity index (χ0) is 10.8. The van der Waals surface area contributed by atoms with Crippen LogP contribution in [-0.4, -0.2) is 33.6 Å². The minimum Gasteiger partial charge on any atom is -0.335 e. The Kier molecular flexibility index (Phi) is 3.26. The smallest absolute Gasteiger partial charge is 0.177 e. The second-order valence-corrected chi connectivity index (χ2v) is 4.68. The zero-order valence-corrected chi connectivity index (χ0v) is 10.3. The van der Waals surface area contributed by atoms with E-state index in [2.05, 4.69) is 27.6 Å². The summed E-state index contributed by atoms with van der Waals surface area (Å²) in [6, 6.07) is 0.851. The Balaban J connectivity index is 1.91. The molecule has 3 nitrogen and oxygen atoms in total. The van der Waals surface area contributed by atoms with Crippen molar-refractivity contribution in [3.8, 4) is 0 Å². The quantitative estimate of drug-likeness (QED) is 0.778. The van der Waals surface area contributed by atoms with Crippen LogP contribution >= 0.6 is 12.2 Å². The van der Waals surface area contributed by atoms with Gasteiger partial charge in [0.25, 0.3) is 0 Å². The third kappa shape index (κ3) is 2.69. The number of hydrogen-bond donors (Lipinski definition) is 1. The number of nitrogens with one attached hydrogen (secondary N) is 1. The summed E-state index contributed by atoms with van der Waals surface area (Å²) in [7, 11) is 0. The predicted octanol–water partition coefficient (Wildman–Crippen LogP) is 2.34. The average Bonchev–Trinajstić information content (AvgIpc) is 2.96. The van der Waals surface area contributed by atoms with Crippen LogP contribution in [0.25, 0.3) is 0 Å². The number of rotatable bonds is 5. The molecule has 0 aliphatic heterocycles. The van der Waals surface area contributed by atoms with Crippen molar-refractivity contribution in [2.24, 2.45) is 0 Å². The molecule has 1 N–H and O–H groups in total. The van der Waals surface area contributed by atoms with Gasteiger partial charge in [0.2, 0.25) is 0 Å². The third-order valence-corrected chi connectivity index (χ3v) is 3.35. The number of hydrogen-bond acceptors (Lipinski definition) is 2. The number of H-pyrrole nitrogens is 1. The van der Waals surface area contributed by atoms with Crippen LogP contribution in [0, 0.1) is 11.7 Å². The maximum absolute atomic E-state index is 5.23. The summed E-state index contributed by atoms with van der Waals surface area (Å²) in [6.07, 6.45) is 4.86. The van der Waals surface area contributed by atoms with Crippen molar-refractivity contribution in [2.45, 2.75) is 39.3 Å². The van der Waals surface area contributed by atoms with Gasteiger partial charge < -0.3 is 9.55 Å². The summed E-state index contributed by atoms with van der Waals surface area (Å²) in [4.78, 5) is 5.70. The van der Waals surface area contributed by atoms with Crippen LogP contribution in [0.5, 0.6) is 0 Å². The molecule has 0 saturated heterocycles. The van der Waals surface area contributed by atoms with Gasteiger partial charge >= 0.3 is 0 Å². The van der Waals surface area contributed by atoms with E-state index in [1.807, 2.05) is 6.92 Å². The molecule has 84 valence electrons. The van der Waals surface area contributed by atoms with Crippen molar-refractivity contribution in [1.82, 2.24) is 14.5 Å². The Morgan fingerprint density at radius 1 is 1.60 bits per heavy atom. The normalized spacial score (nSPS) is 16.2. The second kappa shape index (κ2) is 4.49. The first kappa shape index (κ1) is 10.9. The summed E-state index contributed by atoms with van der Waals surface area (Å²) in [6.45, 7) is 7.56. The minimum absolute atomic E-state index is 0.847. The van der Waals surface area contributed by atoms with Crippen molar-refractivity contribution >= 4 is 12.2 Å². The van der Waals surface area contributed by atoms with Gasteiger partial charge in [-0.25, -0.2) is 0 Å². The van der Waals surface area contributed by atoms with Gasteiger partial charge in [-0.1, -0.05) is 6.92 Å². The van der Waals surface area contributed by atoms with E-state index >= 15 is 0 Å². The molecule has 0 bridgehead atoms. The van der Waals surface area contributed by atoms with E-state index in [1.165, 1.54) is 12.8 Å². The standard InChI is InChI=1S/C11H19N3S/c1-3-13(10-4-5-10)6-7-14-8-9(2)12-11(14)15/h8,10H,3-7H2,1-2H3,(H,12,15). The van der Waals surface area contributed by atoms with Gasteiger partial charge in [-0.05, 0) is 38.5 Å². The minimum atomic E-state index is 0.847. The summed E-state index contributed by atoms with van der Waals surface area (Å²) in [5.41, 5.74) is 1.15. The van der Waals surface area contributed by atoms with Gasteiger partial charge in [-0.15, -0.1) is 0 Å². The van der Waals surface area contributed by atoms with Crippen LogP contribution in [0.2, 0.25) is 0 Å². The number of likely N-dealkylation sites (N-methyl/N-ethyl adjacent to an activating group) is 1. The molecule has 2 rings (SSSR count). The Morgan fingerprint density at radius 2 is 2.33 bits per heavy atom. The number of nitrogens with zero attached hydrogens (tertiary/aromatic N) is 2. The molecule has 1 aromatic heterocycles. The van der Waals surface area contributed by atoms with Crippen LogP contribution in [0.1, 0.15) is 25.5 Å². The fourth-order valence-electron chi connectivity index (χ4n) is 2.01. The van der Waals surface area contributed by atoms with Gasteiger partial charge in [0.1, 0.15) is 0 Å². The molecule has 0 atom stereocenters. The highest BCUT2D eigenvalue weighted by atomic mass is 32.1. The summed E-state index contributed by atoms with van der Waals surface area (Å²) >= 11 is 5.23.